The molecule has 0 saturated heterocycles. The number of anilines is 1. The Balaban J connectivity index is 1.06. The molecule has 1 fully saturated rings. The van der Waals surface area contributed by atoms with Gasteiger partial charge in [-0.2, -0.15) is 0 Å². The summed E-state index contributed by atoms with van der Waals surface area (Å²) >= 11 is 0. The van der Waals surface area contributed by atoms with Crippen LogP contribution in [-0.2, 0) is 28.8 Å². The molecule has 0 bridgehead atoms. The summed E-state index contributed by atoms with van der Waals surface area (Å²) in [6.07, 6.45) is 10.7. The van der Waals surface area contributed by atoms with Gasteiger partial charge in [-0.25, -0.2) is 19.2 Å². The molecular formula is C27H31FN4O3. The zero-order chi connectivity index (χ0) is 24.2. The minimum atomic E-state index is -0.999. The Hall–Kier alpha value is -3.13. The van der Waals surface area contributed by atoms with Crippen LogP contribution in [0.5, 0.6) is 0 Å². The summed E-state index contributed by atoms with van der Waals surface area (Å²) in [5.74, 6) is -0.483. The van der Waals surface area contributed by atoms with Crippen molar-refractivity contribution in [2.75, 3.05) is 11.9 Å². The summed E-state index contributed by atoms with van der Waals surface area (Å²) in [6, 6.07) is 7.73. The standard InChI is InChI=1S/C27H31FN4O3/c28-19-7-10-24-22(15-19)26(30-16-29-24)32-25(27(33)34)11-12-35-21-13-17(14-21)5-8-20-9-6-18-3-1-2-4-23(18)31-20/h6-7,9-10,15-17,21,25H,1-5,8,11-14H2,(H,33,34)(H,29,30,32). The minimum Gasteiger partial charge on any atom is -0.480 e. The fourth-order valence-corrected chi connectivity index (χ4v) is 5.08. The number of halogens is 1. The number of carboxylic acid groups (broad SMARTS) is 1. The molecule has 3 aromatic rings. The number of aryl methyl sites for hydroxylation is 3. The van der Waals surface area contributed by atoms with Crippen LogP contribution in [0.3, 0.4) is 0 Å². The summed E-state index contributed by atoms with van der Waals surface area (Å²) in [5.41, 5.74) is 4.47. The molecule has 2 aromatic heterocycles. The number of aliphatic carboxylic acids is 1. The number of benzene rings is 1. The highest BCUT2D eigenvalue weighted by molar-refractivity contribution is 5.90. The Morgan fingerprint density at radius 3 is 2.89 bits per heavy atom. The Bertz CT molecular complexity index is 1200. The molecule has 2 N–H and O–H groups in total. The van der Waals surface area contributed by atoms with Crippen LogP contribution in [0.2, 0.25) is 0 Å². The SMILES string of the molecule is O=C(O)C(CCOC1CC(CCc2ccc3c(n2)CCCC3)C1)Nc1ncnc2ccc(F)cc12. The lowest BCUT2D eigenvalue weighted by molar-refractivity contribution is -0.138. The Morgan fingerprint density at radius 1 is 1.17 bits per heavy atom. The maximum absolute atomic E-state index is 13.7. The van der Waals surface area contributed by atoms with E-state index in [1.165, 1.54) is 48.3 Å². The third kappa shape index (κ3) is 5.75. The number of fused-ring (bicyclic) bond motifs is 2. The van der Waals surface area contributed by atoms with E-state index in [-0.39, 0.29) is 12.5 Å². The number of nitrogens with one attached hydrogen (secondary N) is 1. The van der Waals surface area contributed by atoms with Gasteiger partial charge in [0.2, 0.25) is 0 Å². The molecule has 2 aliphatic carbocycles. The number of hydrogen-bond donors (Lipinski definition) is 2. The lowest BCUT2D eigenvalue weighted by atomic mass is 9.79. The second kappa shape index (κ2) is 10.6. The average molecular weight is 479 g/mol. The number of pyridine rings is 1. The van der Waals surface area contributed by atoms with Gasteiger partial charge in [-0.15, -0.1) is 0 Å². The molecule has 5 rings (SSSR count). The first-order valence-electron chi connectivity index (χ1n) is 12.5. The van der Waals surface area contributed by atoms with Gasteiger partial charge in [-0.3, -0.25) is 4.98 Å². The molecule has 0 radical (unpaired) electrons. The molecule has 7 nitrogen and oxygen atoms in total. The lowest BCUT2D eigenvalue weighted by Crippen LogP contribution is -2.35. The quantitative estimate of drug-likeness (QED) is 0.435. The van der Waals surface area contributed by atoms with E-state index in [4.69, 9.17) is 9.72 Å². The molecule has 2 aliphatic rings. The van der Waals surface area contributed by atoms with E-state index in [0.717, 1.165) is 38.5 Å². The topological polar surface area (TPSA) is 97.2 Å². The van der Waals surface area contributed by atoms with Crippen molar-refractivity contribution in [2.24, 2.45) is 5.92 Å². The maximum atomic E-state index is 13.7. The summed E-state index contributed by atoms with van der Waals surface area (Å²) < 4.78 is 19.6. The highest BCUT2D eigenvalue weighted by Crippen LogP contribution is 2.34. The van der Waals surface area contributed by atoms with Gasteiger partial charge in [0.1, 0.15) is 24.0 Å². The van der Waals surface area contributed by atoms with Crippen LogP contribution >= 0.6 is 0 Å². The van der Waals surface area contributed by atoms with Gasteiger partial charge < -0.3 is 15.2 Å². The fraction of sp³-hybridized carbons (Fsp3) is 0.481. The lowest BCUT2D eigenvalue weighted by Gasteiger charge is -2.35. The molecule has 1 atom stereocenters. The van der Waals surface area contributed by atoms with Crippen molar-refractivity contribution in [1.29, 1.82) is 0 Å². The van der Waals surface area contributed by atoms with Crippen molar-refractivity contribution < 1.29 is 19.0 Å². The normalized spacial score (nSPS) is 20.1. The van der Waals surface area contributed by atoms with E-state index >= 15 is 0 Å². The van der Waals surface area contributed by atoms with E-state index in [9.17, 15) is 14.3 Å². The summed E-state index contributed by atoms with van der Waals surface area (Å²) in [4.78, 5) is 24.9. The third-order valence-corrected chi connectivity index (χ3v) is 7.20. The molecule has 0 amide bonds. The van der Waals surface area contributed by atoms with Crippen molar-refractivity contribution in [3.8, 4) is 0 Å². The van der Waals surface area contributed by atoms with Crippen molar-refractivity contribution in [3.63, 3.8) is 0 Å². The molecule has 35 heavy (non-hydrogen) atoms. The minimum absolute atomic E-state index is 0.180. The number of rotatable bonds is 10. The number of carbonyl (C=O) groups is 1. The second-order valence-electron chi connectivity index (χ2n) is 9.69. The van der Waals surface area contributed by atoms with Crippen molar-refractivity contribution in [2.45, 2.75) is 69.9 Å². The summed E-state index contributed by atoms with van der Waals surface area (Å²) in [5, 5.41) is 13.0. The van der Waals surface area contributed by atoms with E-state index in [1.807, 2.05) is 0 Å². The van der Waals surface area contributed by atoms with Crippen LogP contribution < -0.4 is 5.32 Å². The van der Waals surface area contributed by atoms with Gasteiger partial charge in [0.05, 0.1) is 11.6 Å². The van der Waals surface area contributed by atoms with E-state index < -0.39 is 17.8 Å². The fourth-order valence-electron chi connectivity index (χ4n) is 5.08. The van der Waals surface area contributed by atoms with Gasteiger partial charge in [-0.05, 0) is 87.1 Å². The zero-order valence-electron chi connectivity index (χ0n) is 19.8. The predicted molar refractivity (Wildman–Crippen MR) is 131 cm³/mol. The largest absolute Gasteiger partial charge is 0.480 e. The van der Waals surface area contributed by atoms with E-state index in [2.05, 4.69) is 27.4 Å². The molecule has 8 heteroatoms. The first kappa shape index (κ1) is 23.6. The smallest absolute Gasteiger partial charge is 0.326 e. The van der Waals surface area contributed by atoms with Gasteiger partial charge in [-0.1, -0.05) is 6.07 Å². The molecule has 2 heterocycles. The number of nitrogens with zero attached hydrogens (tertiary/aromatic N) is 3. The van der Waals surface area contributed by atoms with Crippen molar-refractivity contribution in [3.05, 3.63) is 59.4 Å². The predicted octanol–water partition coefficient (Wildman–Crippen LogP) is 4.73. The van der Waals surface area contributed by atoms with Crippen LogP contribution in [0, 0.1) is 11.7 Å². The van der Waals surface area contributed by atoms with E-state index in [1.54, 1.807) is 6.07 Å². The van der Waals surface area contributed by atoms with Crippen LogP contribution in [0.25, 0.3) is 10.9 Å². The number of aromatic nitrogens is 3. The number of carboxylic acids is 1. The Labute approximate surface area is 204 Å². The first-order valence-corrected chi connectivity index (χ1v) is 12.5. The van der Waals surface area contributed by atoms with Crippen LogP contribution in [-0.4, -0.2) is 44.8 Å². The molecular weight excluding hydrogens is 447 g/mol. The van der Waals surface area contributed by atoms with Gasteiger partial charge in [0.25, 0.3) is 0 Å². The molecule has 1 aromatic carbocycles. The van der Waals surface area contributed by atoms with Crippen LogP contribution in [0.1, 0.15) is 55.5 Å². The first-order chi connectivity index (χ1) is 17.0. The molecule has 0 spiro atoms. The van der Waals surface area contributed by atoms with Crippen LogP contribution in [0.4, 0.5) is 10.2 Å². The highest BCUT2D eigenvalue weighted by Gasteiger charge is 2.30. The Kier molecular flexibility index (Phi) is 7.18. The molecule has 1 saturated carbocycles. The third-order valence-electron chi connectivity index (χ3n) is 7.20. The Morgan fingerprint density at radius 2 is 2.03 bits per heavy atom. The van der Waals surface area contributed by atoms with Gasteiger partial charge >= 0.3 is 5.97 Å². The maximum Gasteiger partial charge on any atom is 0.326 e. The van der Waals surface area contributed by atoms with Crippen LogP contribution in [0.15, 0.2) is 36.7 Å². The average Bonchev–Trinajstić information content (AvgIpc) is 2.84. The van der Waals surface area contributed by atoms with Gasteiger partial charge in [0, 0.05) is 29.8 Å². The second-order valence-corrected chi connectivity index (χ2v) is 9.69. The van der Waals surface area contributed by atoms with Crippen molar-refractivity contribution >= 4 is 22.7 Å². The number of ether oxygens (including phenoxy) is 1. The summed E-state index contributed by atoms with van der Waals surface area (Å²) in [7, 11) is 0. The molecule has 184 valence electrons. The highest BCUT2D eigenvalue weighted by atomic mass is 19.1. The molecule has 1 unspecified atom stereocenters. The number of hydrogen-bond acceptors (Lipinski definition) is 6. The summed E-state index contributed by atoms with van der Waals surface area (Å²) in [6.45, 7) is 0.338. The monoisotopic (exact) mass is 478 g/mol. The zero-order valence-corrected chi connectivity index (χ0v) is 19.8. The van der Waals surface area contributed by atoms with Gasteiger partial charge in [0.15, 0.2) is 0 Å². The van der Waals surface area contributed by atoms with E-state index in [0.29, 0.717) is 29.2 Å². The molecule has 0 aliphatic heterocycles. The van der Waals surface area contributed by atoms with Crippen molar-refractivity contribution in [1.82, 2.24) is 15.0 Å².